The Labute approximate surface area is 57.7 Å². The van der Waals surface area contributed by atoms with Crippen molar-refractivity contribution in [3.63, 3.8) is 0 Å². The molecule has 0 unspecified atom stereocenters. The van der Waals surface area contributed by atoms with Crippen molar-refractivity contribution in [3.05, 3.63) is 0 Å². The van der Waals surface area contributed by atoms with E-state index in [1.54, 1.807) is 0 Å². The Kier molecular flexibility index (Phi) is 20.1. The first kappa shape index (κ1) is 9.13. The summed E-state index contributed by atoms with van der Waals surface area (Å²) in [6.07, 6.45) is 0. The smallest absolute Gasteiger partial charge is 0.147 e. The van der Waals surface area contributed by atoms with E-state index in [1.165, 1.54) is 2.39 Å². The minimum Gasteiger partial charge on any atom is -0.147 e. The zero-order chi connectivity index (χ0) is 2.71. The van der Waals surface area contributed by atoms with Crippen LogP contribution in [0.2, 0.25) is 2.39 Å². The molecule has 0 rings (SSSR count). The number of halogens is 1. The first-order chi connectivity index (χ1) is 1.41. The Morgan fingerprint density at radius 2 is 1.75 bits per heavy atom. The summed E-state index contributed by atoms with van der Waals surface area (Å²) in [6.45, 7) is 2.12. The van der Waals surface area contributed by atoms with Crippen molar-refractivity contribution in [3.8, 4) is 0 Å². The summed E-state index contributed by atoms with van der Waals surface area (Å²) in [4.78, 5) is 0. The summed E-state index contributed by atoms with van der Waals surface area (Å²) in [5, 5.41) is 0. The van der Waals surface area contributed by atoms with Gasteiger partial charge in [-0.3, -0.25) is 0 Å². The summed E-state index contributed by atoms with van der Waals surface area (Å²) < 4.78 is 1.25. The fourth-order valence-electron chi connectivity index (χ4n) is 0. The third-order valence-corrected chi connectivity index (χ3v) is 0. The maximum atomic E-state index is 2.12. The van der Waals surface area contributed by atoms with Crippen molar-refractivity contribution in [2.45, 2.75) is 9.32 Å². The van der Waals surface area contributed by atoms with Crippen LogP contribution < -0.4 is 0 Å². The molecule has 0 saturated carbocycles. The molecule has 0 nitrogen and oxygen atoms in total. The van der Waals surface area contributed by atoms with Gasteiger partial charge in [-0.1, -0.05) is 0 Å². The van der Waals surface area contributed by atoms with Gasteiger partial charge in [-0.2, -0.15) is 0 Å². The van der Waals surface area contributed by atoms with Crippen LogP contribution in [0.3, 0.4) is 0 Å². The van der Waals surface area contributed by atoms with Crippen LogP contribution in [0.15, 0.2) is 0 Å². The molecule has 0 aromatic carbocycles. The molecule has 0 heterocycles. The first-order valence-electron chi connectivity index (χ1n) is 0.943. The van der Waals surface area contributed by atoms with Crippen molar-refractivity contribution in [1.82, 2.24) is 0 Å². The Morgan fingerprint density at radius 1 is 1.75 bits per heavy atom. The van der Waals surface area contributed by atoms with E-state index in [9.17, 15) is 0 Å². The zero-order valence-electron chi connectivity index (χ0n) is 2.45. The Balaban J connectivity index is 0. The van der Waals surface area contributed by atoms with Crippen LogP contribution in [-0.4, -0.2) is 0 Å². The van der Waals surface area contributed by atoms with E-state index in [1.807, 2.05) is 0 Å². The molecule has 30 valence electrons. The minimum absolute atomic E-state index is 0. The number of rotatable bonds is 0. The molecule has 0 aromatic rings. The van der Waals surface area contributed by atoms with Gasteiger partial charge in [0.2, 0.25) is 0 Å². The van der Waals surface area contributed by atoms with Crippen LogP contribution in [-0.2, 0) is 0 Å². The Hall–Kier alpha value is 1.58. The molecule has 4 heavy (non-hydrogen) atoms. The zero-order valence-corrected chi connectivity index (χ0v) is 5.40. The Bertz CT molecular complexity index is 6.00. The maximum Gasteiger partial charge on any atom is -0.147 e. The second-order valence-corrected chi connectivity index (χ2v) is 1.75. The van der Waals surface area contributed by atoms with Gasteiger partial charge in [0.25, 0.3) is 0 Å². The van der Waals surface area contributed by atoms with E-state index in [0.29, 0.717) is 0 Å². The predicted molar refractivity (Wildman–Crippen MR) is 17.7 cm³/mol. The fraction of sp³-hybridized carbons (Fsp3) is 1.00. The van der Waals surface area contributed by atoms with Gasteiger partial charge in [0.1, 0.15) is 0 Å². The molecule has 0 spiro atoms. The summed E-state index contributed by atoms with van der Waals surface area (Å²) in [5.74, 6) is 0. The quantitative estimate of drug-likeness (QED) is 0.583. The molecular formula is C2H6ClTb. The van der Waals surface area contributed by atoms with Crippen molar-refractivity contribution in [2.24, 2.45) is 0 Å². The molecule has 0 aliphatic carbocycles. The molecule has 0 aliphatic heterocycles. The van der Waals surface area contributed by atoms with E-state index < -0.39 is 0 Å². The summed E-state index contributed by atoms with van der Waals surface area (Å²) >= 11 is 2.12. The standard InChI is InChI=1S/C2H5.ClH.Tb/c1-2;;/h1H2,2H3;1H;. The molecular weight excluding hydrogens is 218 g/mol. The van der Waals surface area contributed by atoms with Crippen molar-refractivity contribution >= 4 is 12.4 Å². The average molecular weight is 224 g/mol. The van der Waals surface area contributed by atoms with Crippen LogP contribution in [0.4, 0.5) is 0 Å². The van der Waals surface area contributed by atoms with Crippen molar-refractivity contribution < 1.29 is 36.6 Å². The molecule has 0 fully saturated rings. The monoisotopic (exact) mass is 224 g/mol. The SMILES string of the molecule is C[CH2][Tb].Cl. The minimum atomic E-state index is 0. The maximum absolute atomic E-state index is 2.12. The first-order valence-corrected chi connectivity index (χ1v) is 2.46. The molecule has 0 bridgehead atoms. The molecule has 0 atom stereocenters. The van der Waals surface area contributed by atoms with Gasteiger partial charge >= 0.3 is 45.9 Å². The average Bonchev–Trinajstić information content (AvgIpc) is 0.918. The van der Waals surface area contributed by atoms with Crippen molar-refractivity contribution in [1.29, 1.82) is 0 Å². The second kappa shape index (κ2) is 8.82. The van der Waals surface area contributed by atoms with E-state index in [2.05, 4.69) is 43.6 Å². The summed E-state index contributed by atoms with van der Waals surface area (Å²) in [5.41, 5.74) is 0. The Morgan fingerprint density at radius 3 is 1.75 bits per heavy atom. The molecule has 0 N–H and O–H groups in total. The van der Waals surface area contributed by atoms with Crippen LogP contribution in [0.25, 0.3) is 0 Å². The fourth-order valence-corrected chi connectivity index (χ4v) is 0. The molecule has 0 aliphatic rings. The molecule has 2 heteroatoms. The molecule has 0 radical (unpaired) electrons. The third kappa shape index (κ3) is 9.55. The van der Waals surface area contributed by atoms with E-state index in [-0.39, 0.29) is 12.4 Å². The van der Waals surface area contributed by atoms with Gasteiger partial charge in [-0.15, -0.1) is 12.4 Å². The van der Waals surface area contributed by atoms with Crippen LogP contribution >= 0.6 is 12.4 Å². The van der Waals surface area contributed by atoms with Crippen LogP contribution in [0, 0.1) is 36.6 Å². The number of hydrogen-bond acceptors (Lipinski definition) is 0. The molecule has 0 amide bonds. The second-order valence-electron chi connectivity index (χ2n) is 0.236. The summed E-state index contributed by atoms with van der Waals surface area (Å²) in [6, 6.07) is 0. The molecule has 0 saturated heterocycles. The van der Waals surface area contributed by atoms with E-state index in [0.717, 1.165) is 0 Å². The molecule has 0 aromatic heterocycles. The van der Waals surface area contributed by atoms with Gasteiger partial charge in [-0.05, 0) is 0 Å². The normalized spacial score (nSPS) is 4.75. The summed E-state index contributed by atoms with van der Waals surface area (Å²) in [7, 11) is 0. The van der Waals surface area contributed by atoms with Gasteiger partial charge < -0.3 is 0 Å². The third-order valence-electron chi connectivity index (χ3n) is 0. The van der Waals surface area contributed by atoms with Crippen molar-refractivity contribution in [2.75, 3.05) is 0 Å². The topological polar surface area (TPSA) is 0 Å². The van der Waals surface area contributed by atoms with Gasteiger partial charge in [0, 0.05) is 0 Å². The van der Waals surface area contributed by atoms with E-state index in [4.69, 9.17) is 0 Å². The van der Waals surface area contributed by atoms with E-state index >= 15 is 0 Å². The van der Waals surface area contributed by atoms with Gasteiger partial charge in [-0.25, -0.2) is 0 Å². The van der Waals surface area contributed by atoms with Gasteiger partial charge in [0.15, 0.2) is 0 Å². The predicted octanol–water partition coefficient (Wildman–Crippen LogP) is 1.40. The van der Waals surface area contributed by atoms with Gasteiger partial charge in [0.05, 0.1) is 0 Å². The van der Waals surface area contributed by atoms with Crippen LogP contribution in [0.5, 0.6) is 0 Å². The number of hydrogen-bond donors (Lipinski definition) is 0. The van der Waals surface area contributed by atoms with Crippen LogP contribution in [0.1, 0.15) is 6.92 Å². The largest absolute Gasteiger partial charge is 0.147 e.